The maximum absolute atomic E-state index is 13.5. The second-order valence-electron chi connectivity index (χ2n) is 3.36. The molecule has 3 nitrogen and oxygen atoms in total. The molecular weight excluding hydrogens is 243 g/mol. The number of benzene rings is 1. The molecular formula is C12H10ClFN2O. The molecule has 0 aliphatic carbocycles. The zero-order valence-electron chi connectivity index (χ0n) is 8.86. The number of hydrogen-bond acceptors (Lipinski definition) is 3. The first-order chi connectivity index (χ1) is 8.20. The number of nitrogens with zero attached hydrogens (tertiary/aromatic N) is 1. The lowest BCUT2D eigenvalue weighted by molar-refractivity contribution is 0.427. The van der Waals surface area contributed by atoms with Crippen LogP contribution in [-0.4, -0.2) is 4.98 Å². The second-order valence-corrected chi connectivity index (χ2v) is 3.77. The van der Waals surface area contributed by atoms with Crippen molar-refractivity contribution in [3.05, 3.63) is 52.9 Å². The van der Waals surface area contributed by atoms with Crippen molar-refractivity contribution in [2.45, 2.75) is 6.54 Å². The third-order valence-corrected chi connectivity index (χ3v) is 2.46. The molecule has 0 amide bonds. The molecule has 0 spiro atoms. The lowest BCUT2D eigenvalue weighted by atomic mass is 10.3. The molecule has 17 heavy (non-hydrogen) atoms. The Kier molecular flexibility index (Phi) is 3.56. The van der Waals surface area contributed by atoms with Crippen LogP contribution in [0.4, 0.5) is 4.39 Å². The number of halogens is 2. The van der Waals surface area contributed by atoms with Gasteiger partial charge in [-0.15, -0.1) is 0 Å². The molecule has 0 bridgehead atoms. The number of ether oxygens (including phenoxy) is 1. The summed E-state index contributed by atoms with van der Waals surface area (Å²) in [6, 6.07) is 7.94. The van der Waals surface area contributed by atoms with Crippen molar-refractivity contribution in [2.75, 3.05) is 0 Å². The van der Waals surface area contributed by atoms with E-state index >= 15 is 0 Å². The number of hydrogen-bond donors (Lipinski definition) is 1. The van der Waals surface area contributed by atoms with Gasteiger partial charge in [0.05, 0.1) is 5.02 Å². The van der Waals surface area contributed by atoms with Crippen molar-refractivity contribution in [3.8, 4) is 11.6 Å². The van der Waals surface area contributed by atoms with Gasteiger partial charge in [-0.1, -0.05) is 23.7 Å². The van der Waals surface area contributed by atoms with E-state index in [1.54, 1.807) is 24.4 Å². The number of rotatable bonds is 3. The highest BCUT2D eigenvalue weighted by molar-refractivity contribution is 6.30. The monoisotopic (exact) mass is 252 g/mol. The highest BCUT2D eigenvalue weighted by Crippen LogP contribution is 2.27. The van der Waals surface area contributed by atoms with E-state index in [9.17, 15) is 4.39 Å². The van der Waals surface area contributed by atoms with Crippen LogP contribution in [0.25, 0.3) is 0 Å². The first-order valence-corrected chi connectivity index (χ1v) is 5.35. The van der Waals surface area contributed by atoms with Gasteiger partial charge in [-0.25, -0.2) is 9.37 Å². The van der Waals surface area contributed by atoms with Gasteiger partial charge in [-0.3, -0.25) is 0 Å². The van der Waals surface area contributed by atoms with E-state index in [1.807, 2.05) is 0 Å². The Bertz CT molecular complexity index is 516. The summed E-state index contributed by atoms with van der Waals surface area (Å²) < 4.78 is 18.8. The summed E-state index contributed by atoms with van der Waals surface area (Å²) in [5.41, 5.74) is 6.32. The maximum Gasteiger partial charge on any atom is 0.219 e. The maximum atomic E-state index is 13.5. The lowest BCUT2D eigenvalue weighted by Crippen LogP contribution is -1.97. The second kappa shape index (κ2) is 5.12. The smallest absolute Gasteiger partial charge is 0.219 e. The van der Waals surface area contributed by atoms with Crippen molar-refractivity contribution in [3.63, 3.8) is 0 Å². The molecule has 0 atom stereocenters. The average Bonchev–Trinajstić information content (AvgIpc) is 2.36. The zero-order chi connectivity index (χ0) is 12.3. The number of pyridine rings is 1. The molecule has 2 aromatic rings. The molecule has 0 fully saturated rings. The van der Waals surface area contributed by atoms with Gasteiger partial charge in [0.25, 0.3) is 0 Å². The minimum Gasteiger partial charge on any atom is -0.436 e. The SMILES string of the molecule is NCc1ccc(Oc2cccc(Cl)c2F)nc1. The fraction of sp³-hybridized carbons (Fsp3) is 0.0833. The molecule has 1 aromatic carbocycles. The number of nitrogens with two attached hydrogens (primary N) is 1. The van der Waals surface area contributed by atoms with Gasteiger partial charge >= 0.3 is 0 Å². The summed E-state index contributed by atoms with van der Waals surface area (Å²) in [5, 5.41) is 0.0149. The molecule has 0 radical (unpaired) electrons. The van der Waals surface area contributed by atoms with Gasteiger partial charge in [0.15, 0.2) is 11.6 Å². The summed E-state index contributed by atoms with van der Waals surface area (Å²) in [6.07, 6.45) is 1.58. The molecule has 5 heteroatoms. The Labute approximate surface area is 103 Å². The molecule has 0 aliphatic heterocycles. The van der Waals surface area contributed by atoms with Crippen molar-refractivity contribution >= 4 is 11.6 Å². The third-order valence-electron chi connectivity index (χ3n) is 2.16. The Morgan fingerprint density at radius 1 is 1.29 bits per heavy atom. The highest BCUT2D eigenvalue weighted by atomic mass is 35.5. The average molecular weight is 253 g/mol. The van der Waals surface area contributed by atoms with Crippen LogP contribution in [0.2, 0.25) is 5.02 Å². The van der Waals surface area contributed by atoms with E-state index in [0.717, 1.165) is 5.56 Å². The van der Waals surface area contributed by atoms with Crippen molar-refractivity contribution in [1.82, 2.24) is 4.98 Å². The third kappa shape index (κ3) is 2.72. The Morgan fingerprint density at radius 2 is 2.12 bits per heavy atom. The van der Waals surface area contributed by atoms with E-state index in [2.05, 4.69) is 4.98 Å². The first kappa shape index (κ1) is 11.8. The van der Waals surface area contributed by atoms with E-state index in [1.165, 1.54) is 12.1 Å². The minimum atomic E-state index is -0.598. The molecule has 1 heterocycles. The van der Waals surface area contributed by atoms with Crippen molar-refractivity contribution in [1.29, 1.82) is 0 Å². The summed E-state index contributed by atoms with van der Waals surface area (Å²) in [4.78, 5) is 4.00. The molecule has 0 saturated carbocycles. The van der Waals surface area contributed by atoms with E-state index in [4.69, 9.17) is 22.1 Å². The predicted molar refractivity (Wildman–Crippen MR) is 63.6 cm³/mol. The molecule has 0 saturated heterocycles. The Hall–Kier alpha value is -1.65. The van der Waals surface area contributed by atoms with Gasteiger partial charge in [0.2, 0.25) is 5.88 Å². The van der Waals surface area contributed by atoms with E-state index in [-0.39, 0.29) is 10.8 Å². The highest BCUT2D eigenvalue weighted by Gasteiger charge is 2.08. The zero-order valence-corrected chi connectivity index (χ0v) is 9.62. The van der Waals surface area contributed by atoms with Crippen LogP contribution in [0, 0.1) is 5.82 Å². The lowest BCUT2D eigenvalue weighted by Gasteiger charge is -2.06. The Balaban J connectivity index is 2.22. The molecule has 1 aromatic heterocycles. The topological polar surface area (TPSA) is 48.1 Å². The van der Waals surface area contributed by atoms with Crippen molar-refractivity contribution in [2.24, 2.45) is 5.73 Å². The first-order valence-electron chi connectivity index (χ1n) is 4.97. The van der Waals surface area contributed by atoms with E-state index in [0.29, 0.717) is 12.4 Å². The molecule has 0 aliphatic rings. The van der Waals surface area contributed by atoms with Gasteiger partial charge in [0, 0.05) is 18.8 Å². The molecule has 0 unspecified atom stereocenters. The van der Waals surface area contributed by atoms with Crippen molar-refractivity contribution < 1.29 is 9.13 Å². The quantitative estimate of drug-likeness (QED) is 0.913. The summed E-state index contributed by atoms with van der Waals surface area (Å²) in [5.74, 6) is -0.257. The van der Waals surface area contributed by atoms with Gasteiger partial charge in [-0.05, 0) is 17.7 Å². The minimum absolute atomic E-state index is 0.0149. The van der Waals surface area contributed by atoms with E-state index < -0.39 is 5.82 Å². The fourth-order valence-corrected chi connectivity index (χ4v) is 1.43. The van der Waals surface area contributed by atoms with Gasteiger partial charge in [0.1, 0.15) is 0 Å². The van der Waals surface area contributed by atoms with Crippen LogP contribution in [0.15, 0.2) is 36.5 Å². The number of aromatic nitrogens is 1. The molecule has 88 valence electrons. The van der Waals surface area contributed by atoms with Crippen LogP contribution in [0.3, 0.4) is 0 Å². The predicted octanol–water partition coefficient (Wildman–Crippen LogP) is 3.13. The standard InChI is InChI=1S/C12H10ClFN2O/c13-9-2-1-3-10(12(9)14)17-11-5-4-8(6-15)7-16-11/h1-5,7H,6,15H2. The molecule has 2 rings (SSSR count). The summed E-state index contributed by atoms with van der Waals surface area (Å²) in [6.45, 7) is 0.402. The normalized spacial score (nSPS) is 10.3. The van der Waals surface area contributed by atoms with Crippen LogP contribution in [-0.2, 0) is 6.54 Å². The molecule has 2 N–H and O–H groups in total. The van der Waals surface area contributed by atoms with Crippen LogP contribution in [0.5, 0.6) is 11.6 Å². The van der Waals surface area contributed by atoms with Gasteiger partial charge in [-0.2, -0.15) is 0 Å². The summed E-state index contributed by atoms with van der Waals surface area (Å²) in [7, 11) is 0. The summed E-state index contributed by atoms with van der Waals surface area (Å²) >= 11 is 5.64. The fourth-order valence-electron chi connectivity index (χ4n) is 1.27. The van der Waals surface area contributed by atoms with Gasteiger partial charge < -0.3 is 10.5 Å². The Morgan fingerprint density at radius 3 is 2.76 bits per heavy atom. The largest absolute Gasteiger partial charge is 0.436 e. The van der Waals surface area contributed by atoms with Crippen LogP contribution >= 0.6 is 11.6 Å². The van der Waals surface area contributed by atoms with Crippen LogP contribution < -0.4 is 10.5 Å². The van der Waals surface area contributed by atoms with Crippen LogP contribution in [0.1, 0.15) is 5.56 Å².